The number of aromatic nitrogens is 1. The number of hydrogen-bond acceptors (Lipinski definition) is 6. The molecule has 1 N–H and O–H groups in total. The van der Waals surface area contributed by atoms with Crippen molar-refractivity contribution in [1.82, 2.24) is 10.1 Å². The Hall–Kier alpha value is -3.46. The lowest BCUT2D eigenvalue weighted by atomic mass is 9.84. The predicted molar refractivity (Wildman–Crippen MR) is 171 cm³/mol. The van der Waals surface area contributed by atoms with Gasteiger partial charge in [-0.15, -0.1) is 0 Å². The molecule has 0 radical (unpaired) electrons. The number of anilines is 1. The summed E-state index contributed by atoms with van der Waals surface area (Å²) < 4.78 is 35.2. The third kappa shape index (κ3) is 6.42. The molecule has 1 aromatic heterocycles. The molecule has 0 bridgehead atoms. The predicted octanol–water partition coefficient (Wildman–Crippen LogP) is 7.59. The van der Waals surface area contributed by atoms with Crippen molar-refractivity contribution in [3.63, 3.8) is 0 Å². The number of benzene rings is 2. The van der Waals surface area contributed by atoms with Crippen molar-refractivity contribution in [2.24, 2.45) is 10.4 Å². The minimum Gasteiger partial charge on any atom is -0.337 e. The Labute approximate surface area is 256 Å². The summed E-state index contributed by atoms with van der Waals surface area (Å²) in [4.78, 5) is 20.9. The van der Waals surface area contributed by atoms with E-state index in [1.807, 2.05) is 29.2 Å². The number of sulfonamides is 1. The SMILES string of the molecule is CCCCC1=NC2(CCCC2)C(=O)N1Cc1ccc(-c2ccccc2S(=O)(=O)Nc2onc(C)c2C)c(CC(C)(C)C)c1. The number of hydrogen-bond donors (Lipinski definition) is 1. The van der Waals surface area contributed by atoms with E-state index in [2.05, 4.69) is 43.6 Å². The highest BCUT2D eigenvalue weighted by molar-refractivity contribution is 7.92. The Morgan fingerprint density at radius 2 is 1.77 bits per heavy atom. The lowest BCUT2D eigenvalue weighted by molar-refractivity contribution is -0.131. The summed E-state index contributed by atoms with van der Waals surface area (Å²) in [5.74, 6) is 1.17. The molecule has 2 heterocycles. The molecule has 2 aromatic carbocycles. The first-order valence-electron chi connectivity index (χ1n) is 15.4. The lowest BCUT2D eigenvalue weighted by Crippen LogP contribution is -2.40. The van der Waals surface area contributed by atoms with Crippen molar-refractivity contribution in [2.45, 2.75) is 110 Å². The van der Waals surface area contributed by atoms with Crippen LogP contribution in [0.2, 0.25) is 0 Å². The maximum atomic E-state index is 13.8. The van der Waals surface area contributed by atoms with Crippen LogP contribution in [0.1, 0.15) is 95.0 Å². The van der Waals surface area contributed by atoms with Crippen molar-refractivity contribution in [2.75, 3.05) is 4.72 Å². The highest BCUT2D eigenvalue weighted by atomic mass is 32.2. The van der Waals surface area contributed by atoms with Gasteiger partial charge in [0, 0.05) is 17.5 Å². The van der Waals surface area contributed by atoms with Gasteiger partial charge in [0.2, 0.25) is 5.88 Å². The number of nitrogens with one attached hydrogen (secondary N) is 1. The van der Waals surface area contributed by atoms with Crippen LogP contribution in [0.15, 0.2) is 56.9 Å². The number of unbranched alkanes of at least 4 members (excludes halogenated alkanes) is 1. The van der Waals surface area contributed by atoms with E-state index in [4.69, 9.17) is 9.52 Å². The van der Waals surface area contributed by atoms with Gasteiger partial charge in [0.25, 0.3) is 15.9 Å². The number of nitrogens with zero attached hydrogens (tertiary/aromatic N) is 3. The number of aryl methyl sites for hydroxylation is 1. The molecular formula is C34H44N4O4S. The molecule has 43 heavy (non-hydrogen) atoms. The second-order valence-electron chi connectivity index (χ2n) is 13.3. The van der Waals surface area contributed by atoms with Crippen LogP contribution >= 0.6 is 0 Å². The number of carbonyl (C=O) groups excluding carboxylic acids is 1. The standard InChI is InChI=1S/C34H44N4O4S/c1-7-8-15-30-35-34(18-11-12-19-34)32(39)38(30)22-25-16-17-27(26(20-25)21-33(4,5)6)28-13-9-10-14-29(28)43(40,41)37-31-23(2)24(3)36-42-31/h9-10,13-14,16-17,20,37H,7-8,11-12,15,18-19,21-22H2,1-6H3. The lowest BCUT2D eigenvalue weighted by Gasteiger charge is -2.25. The third-order valence-corrected chi connectivity index (χ3v) is 9.95. The number of carbonyl (C=O) groups is 1. The van der Waals surface area contributed by atoms with E-state index in [1.54, 1.807) is 26.0 Å². The second-order valence-corrected chi connectivity index (χ2v) is 15.0. The number of amidine groups is 1. The highest BCUT2D eigenvalue weighted by Gasteiger charge is 2.49. The Morgan fingerprint density at radius 3 is 2.42 bits per heavy atom. The first kappa shape index (κ1) is 31.0. The summed E-state index contributed by atoms with van der Waals surface area (Å²) in [6.07, 6.45) is 7.33. The van der Waals surface area contributed by atoms with E-state index in [1.165, 1.54) is 0 Å². The van der Waals surface area contributed by atoms with Gasteiger partial charge in [0.15, 0.2) is 0 Å². The van der Waals surface area contributed by atoms with E-state index in [9.17, 15) is 13.2 Å². The van der Waals surface area contributed by atoms with Gasteiger partial charge in [-0.05, 0) is 67.7 Å². The molecular weight excluding hydrogens is 560 g/mol. The first-order valence-corrected chi connectivity index (χ1v) is 16.9. The van der Waals surface area contributed by atoms with Crippen molar-refractivity contribution < 1.29 is 17.7 Å². The van der Waals surface area contributed by atoms with Gasteiger partial charge in [-0.25, -0.2) is 13.1 Å². The number of aliphatic imine (C=N–C) groups is 1. The van der Waals surface area contributed by atoms with Crippen LogP contribution in [-0.4, -0.2) is 35.8 Å². The molecule has 9 heteroatoms. The third-order valence-electron chi connectivity index (χ3n) is 8.56. The van der Waals surface area contributed by atoms with Gasteiger partial charge in [0.1, 0.15) is 11.4 Å². The number of rotatable bonds is 10. The van der Waals surface area contributed by atoms with E-state index in [0.717, 1.165) is 73.9 Å². The summed E-state index contributed by atoms with van der Waals surface area (Å²) in [6, 6.07) is 13.2. The van der Waals surface area contributed by atoms with Gasteiger partial charge in [-0.2, -0.15) is 0 Å². The fourth-order valence-corrected chi connectivity index (χ4v) is 7.49. The molecule has 1 fully saturated rings. The molecule has 1 amide bonds. The molecule has 230 valence electrons. The van der Waals surface area contributed by atoms with E-state index in [0.29, 0.717) is 23.4 Å². The maximum Gasteiger partial charge on any atom is 0.264 e. The van der Waals surface area contributed by atoms with Crippen LogP contribution < -0.4 is 4.72 Å². The molecule has 8 nitrogen and oxygen atoms in total. The Bertz CT molecular complexity index is 1640. The normalized spacial score (nSPS) is 16.7. The van der Waals surface area contributed by atoms with Gasteiger partial charge in [-0.3, -0.25) is 14.7 Å². The largest absolute Gasteiger partial charge is 0.337 e. The quantitative estimate of drug-likeness (QED) is 0.257. The zero-order valence-corrected chi connectivity index (χ0v) is 27.1. The fourth-order valence-electron chi connectivity index (χ4n) is 6.22. The molecule has 1 aliphatic heterocycles. The average Bonchev–Trinajstić information content (AvgIpc) is 3.62. The van der Waals surface area contributed by atoms with Crippen LogP contribution in [0.4, 0.5) is 5.88 Å². The van der Waals surface area contributed by atoms with Gasteiger partial charge >= 0.3 is 0 Å². The Morgan fingerprint density at radius 1 is 1.05 bits per heavy atom. The summed E-state index contributed by atoms with van der Waals surface area (Å²) in [6.45, 7) is 12.7. The molecule has 0 unspecified atom stereocenters. The van der Waals surface area contributed by atoms with Crippen LogP contribution in [-0.2, 0) is 27.8 Å². The molecule has 1 aliphatic carbocycles. The molecule has 0 saturated heterocycles. The van der Waals surface area contributed by atoms with E-state index >= 15 is 0 Å². The summed E-state index contributed by atoms with van der Waals surface area (Å²) in [5, 5.41) is 3.89. The number of amides is 1. The summed E-state index contributed by atoms with van der Waals surface area (Å²) >= 11 is 0. The fraction of sp³-hybridized carbons (Fsp3) is 0.500. The van der Waals surface area contributed by atoms with E-state index < -0.39 is 15.6 Å². The molecule has 0 atom stereocenters. The Balaban J connectivity index is 1.52. The van der Waals surface area contributed by atoms with Crippen LogP contribution in [0.5, 0.6) is 0 Å². The molecule has 1 spiro atoms. The summed E-state index contributed by atoms with van der Waals surface area (Å²) in [7, 11) is -3.98. The van der Waals surface area contributed by atoms with Gasteiger partial charge in [-0.1, -0.05) is 88.5 Å². The van der Waals surface area contributed by atoms with Crippen molar-refractivity contribution >= 4 is 27.7 Å². The van der Waals surface area contributed by atoms with Gasteiger partial charge < -0.3 is 4.52 Å². The Kier molecular flexibility index (Phi) is 8.58. The minimum absolute atomic E-state index is 0.0565. The molecule has 5 rings (SSSR count). The summed E-state index contributed by atoms with van der Waals surface area (Å²) in [5.41, 5.74) is 4.17. The molecule has 2 aliphatic rings. The van der Waals surface area contributed by atoms with Gasteiger partial charge in [0.05, 0.1) is 17.1 Å². The van der Waals surface area contributed by atoms with Crippen molar-refractivity contribution in [3.8, 4) is 11.1 Å². The zero-order chi connectivity index (χ0) is 31.0. The maximum absolute atomic E-state index is 13.8. The molecule has 1 saturated carbocycles. The molecule has 3 aromatic rings. The van der Waals surface area contributed by atoms with Crippen molar-refractivity contribution in [3.05, 3.63) is 64.8 Å². The van der Waals surface area contributed by atoms with Crippen molar-refractivity contribution in [1.29, 1.82) is 0 Å². The van der Waals surface area contributed by atoms with Crippen LogP contribution in [0.3, 0.4) is 0 Å². The minimum atomic E-state index is -3.98. The van der Waals surface area contributed by atoms with Crippen LogP contribution in [0, 0.1) is 19.3 Å². The van der Waals surface area contributed by atoms with Crippen LogP contribution in [0.25, 0.3) is 11.1 Å². The highest BCUT2D eigenvalue weighted by Crippen LogP contribution is 2.41. The topological polar surface area (TPSA) is 105 Å². The van der Waals surface area contributed by atoms with E-state index in [-0.39, 0.29) is 22.1 Å². The zero-order valence-electron chi connectivity index (χ0n) is 26.3. The monoisotopic (exact) mass is 604 g/mol. The first-order chi connectivity index (χ1) is 20.3. The average molecular weight is 605 g/mol. The second kappa shape index (κ2) is 11.9. The smallest absolute Gasteiger partial charge is 0.264 e.